The quantitative estimate of drug-likeness (QED) is 0.827. The number of aliphatic hydroxyl groups excluding tert-OH is 1. The van der Waals surface area contributed by atoms with E-state index in [4.69, 9.17) is 5.11 Å². The van der Waals surface area contributed by atoms with Crippen molar-refractivity contribution in [3.63, 3.8) is 0 Å². The molecule has 1 aliphatic heterocycles. The van der Waals surface area contributed by atoms with Crippen molar-refractivity contribution in [3.05, 3.63) is 29.8 Å². The number of carboxylic acid groups (broad SMARTS) is 1. The maximum Gasteiger partial charge on any atom is 0.322 e. The Bertz CT molecular complexity index is 598. The Morgan fingerprint density at radius 3 is 2.58 bits per heavy atom. The molecule has 2 N–H and O–H groups in total. The van der Waals surface area contributed by atoms with E-state index in [0.717, 1.165) is 4.31 Å². The lowest BCUT2D eigenvalue weighted by Gasteiger charge is -2.21. The zero-order chi connectivity index (χ0) is 14.2. The normalized spacial score (nSPS) is 24.5. The topological polar surface area (TPSA) is 94.9 Å². The van der Waals surface area contributed by atoms with Gasteiger partial charge in [0, 0.05) is 13.0 Å². The van der Waals surface area contributed by atoms with Gasteiger partial charge in [-0.1, -0.05) is 18.2 Å². The molecule has 7 heteroatoms. The van der Waals surface area contributed by atoms with Gasteiger partial charge >= 0.3 is 5.97 Å². The summed E-state index contributed by atoms with van der Waals surface area (Å²) in [7, 11) is -3.90. The molecule has 0 bridgehead atoms. The molecule has 19 heavy (non-hydrogen) atoms. The molecule has 1 saturated heterocycles. The van der Waals surface area contributed by atoms with Crippen LogP contribution < -0.4 is 0 Å². The van der Waals surface area contributed by atoms with Gasteiger partial charge in [0.2, 0.25) is 10.0 Å². The average Bonchev–Trinajstić information content (AvgIpc) is 2.72. The molecule has 1 aromatic carbocycles. The molecule has 2 atom stereocenters. The Morgan fingerprint density at radius 1 is 1.37 bits per heavy atom. The summed E-state index contributed by atoms with van der Waals surface area (Å²) in [6.45, 7) is 1.46. The highest BCUT2D eigenvalue weighted by molar-refractivity contribution is 7.89. The minimum atomic E-state index is -3.90. The molecule has 0 amide bonds. The van der Waals surface area contributed by atoms with Crippen LogP contribution >= 0.6 is 0 Å². The van der Waals surface area contributed by atoms with Crippen molar-refractivity contribution in [1.29, 1.82) is 0 Å². The minimum absolute atomic E-state index is 0.0790. The third-order valence-corrected chi connectivity index (χ3v) is 5.23. The molecule has 0 unspecified atom stereocenters. The first kappa shape index (κ1) is 14.0. The van der Waals surface area contributed by atoms with Crippen molar-refractivity contribution in [2.45, 2.75) is 30.4 Å². The van der Waals surface area contributed by atoms with Crippen LogP contribution in [-0.4, -0.2) is 47.6 Å². The van der Waals surface area contributed by atoms with Gasteiger partial charge in [-0.05, 0) is 18.6 Å². The molecule has 1 fully saturated rings. The fraction of sp³-hybridized carbons (Fsp3) is 0.417. The van der Waals surface area contributed by atoms with Crippen LogP contribution in [-0.2, 0) is 14.8 Å². The molecule has 0 aliphatic carbocycles. The fourth-order valence-electron chi connectivity index (χ4n) is 2.25. The number of rotatable bonds is 3. The molecule has 6 nitrogen and oxygen atoms in total. The molecule has 0 saturated carbocycles. The molecule has 1 aliphatic rings. The largest absolute Gasteiger partial charge is 0.480 e. The number of benzene rings is 1. The van der Waals surface area contributed by atoms with E-state index in [-0.39, 0.29) is 17.9 Å². The van der Waals surface area contributed by atoms with Gasteiger partial charge in [0.15, 0.2) is 0 Å². The van der Waals surface area contributed by atoms with E-state index >= 15 is 0 Å². The van der Waals surface area contributed by atoms with Gasteiger partial charge in [0.1, 0.15) is 6.04 Å². The number of nitrogens with zero attached hydrogens (tertiary/aromatic N) is 1. The second-order valence-electron chi connectivity index (χ2n) is 4.58. The molecule has 0 spiro atoms. The summed E-state index contributed by atoms with van der Waals surface area (Å²) in [5, 5.41) is 18.6. The lowest BCUT2D eigenvalue weighted by Crippen LogP contribution is -2.40. The van der Waals surface area contributed by atoms with Crippen LogP contribution in [0.4, 0.5) is 0 Å². The van der Waals surface area contributed by atoms with Gasteiger partial charge in [-0.15, -0.1) is 0 Å². The van der Waals surface area contributed by atoms with Gasteiger partial charge in [-0.2, -0.15) is 4.31 Å². The number of hydrogen-bond donors (Lipinski definition) is 2. The van der Waals surface area contributed by atoms with Crippen molar-refractivity contribution in [2.24, 2.45) is 0 Å². The predicted molar refractivity (Wildman–Crippen MR) is 67.1 cm³/mol. The summed E-state index contributed by atoms with van der Waals surface area (Å²) < 4.78 is 25.8. The first-order valence-corrected chi connectivity index (χ1v) is 7.26. The van der Waals surface area contributed by atoms with Crippen molar-refractivity contribution < 1.29 is 23.4 Å². The fourth-order valence-corrected chi connectivity index (χ4v) is 4.10. The van der Waals surface area contributed by atoms with E-state index in [1.807, 2.05) is 0 Å². The van der Waals surface area contributed by atoms with Crippen molar-refractivity contribution in [3.8, 4) is 0 Å². The Morgan fingerprint density at radius 2 is 2.00 bits per heavy atom. The number of β-amino-alcohol motifs (C(OH)–C–C–N with tert-alkyl or cyclic N) is 1. The zero-order valence-electron chi connectivity index (χ0n) is 10.4. The van der Waals surface area contributed by atoms with E-state index in [1.165, 1.54) is 6.07 Å². The van der Waals surface area contributed by atoms with Crippen LogP contribution in [0.3, 0.4) is 0 Å². The summed E-state index contributed by atoms with van der Waals surface area (Å²) in [5.41, 5.74) is 0.549. The first-order valence-electron chi connectivity index (χ1n) is 5.82. The van der Waals surface area contributed by atoms with Crippen LogP contribution in [0.25, 0.3) is 0 Å². The van der Waals surface area contributed by atoms with Crippen LogP contribution in [0, 0.1) is 6.92 Å². The Kier molecular flexibility index (Phi) is 3.62. The molecule has 1 aromatic rings. The highest BCUT2D eigenvalue weighted by Crippen LogP contribution is 2.28. The lowest BCUT2D eigenvalue weighted by atomic mass is 10.2. The highest BCUT2D eigenvalue weighted by Gasteiger charge is 2.43. The third-order valence-electron chi connectivity index (χ3n) is 3.20. The van der Waals surface area contributed by atoms with E-state index in [9.17, 15) is 18.3 Å². The summed E-state index contributed by atoms with van der Waals surface area (Å²) in [6.07, 6.45) is -1.03. The number of hydrogen-bond acceptors (Lipinski definition) is 4. The number of aliphatic hydroxyl groups is 1. The van der Waals surface area contributed by atoms with Crippen molar-refractivity contribution >= 4 is 16.0 Å². The van der Waals surface area contributed by atoms with Crippen molar-refractivity contribution in [2.75, 3.05) is 6.54 Å². The van der Waals surface area contributed by atoms with Gasteiger partial charge in [-0.3, -0.25) is 4.79 Å². The molecule has 2 rings (SSSR count). The monoisotopic (exact) mass is 285 g/mol. The van der Waals surface area contributed by atoms with Gasteiger partial charge in [0.05, 0.1) is 11.0 Å². The van der Waals surface area contributed by atoms with E-state index in [1.54, 1.807) is 25.1 Å². The maximum absolute atomic E-state index is 12.5. The standard InChI is InChI=1S/C12H15NO5S/c1-8-4-2-3-5-11(8)19(17,18)13-7-9(14)6-10(13)12(15)16/h2-5,9-10,14H,6-7H2,1H3,(H,15,16)/t9-,10-/m1/s1. The summed E-state index contributed by atoms with van der Waals surface area (Å²) in [6, 6.07) is 5.17. The van der Waals surface area contributed by atoms with Crippen LogP contribution in [0.1, 0.15) is 12.0 Å². The molecule has 104 valence electrons. The van der Waals surface area contributed by atoms with Gasteiger partial charge < -0.3 is 10.2 Å². The Balaban J connectivity index is 2.45. The number of aliphatic carboxylic acids is 1. The summed E-state index contributed by atoms with van der Waals surface area (Å²) in [5.74, 6) is -1.24. The average molecular weight is 285 g/mol. The first-order chi connectivity index (χ1) is 8.84. The van der Waals surface area contributed by atoms with Crippen LogP contribution in [0.5, 0.6) is 0 Å². The molecular weight excluding hydrogens is 270 g/mol. The van der Waals surface area contributed by atoms with E-state index in [2.05, 4.69) is 0 Å². The van der Waals surface area contributed by atoms with E-state index in [0.29, 0.717) is 5.56 Å². The van der Waals surface area contributed by atoms with Crippen molar-refractivity contribution in [1.82, 2.24) is 4.31 Å². The number of carbonyl (C=O) groups is 1. The summed E-state index contributed by atoms with van der Waals surface area (Å²) >= 11 is 0. The number of sulfonamides is 1. The van der Waals surface area contributed by atoms with Crippen LogP contribution in [0.2, 0.25) is 0 Å². The third kappa shape index (κ3) is 2.49. The second kappa shape index (κ2) is 4.92. The molecular formula is C12H15NO5S. The second-order valence-corrected chi connectivity index (χ2v) is 6.44. The van der Waals surface area contributed by atoms with Gasteiger partial charge in [-0.25, -0.2) is 8.42 Å². The van der Waals surface area contributed by atoms with Crippen LogP contribution in [0.15, 0.2) is 29.2 Å². The molecule has 0 aromatic heterocycles. The van der Waals surface area contributed by atoms with Gasteiger partial charge in [0.25, 0.3) is 0 Å². The maximum atomic E-state index is 12.5. The summed E-state index contributed by atoms with van der Waals surface area (Å²) in [4.78, 5) is 11.2. The smallest absolute Gasteiger partial charge is 0.322 e. The Labute approximate surface area is 111 Å². The van der Waals surface area contributed by atoms with E-state index < -0.39 is 28.1 Å². The highest BCUT2D eigenvalue weighted by atomic mass is 32.2. The molecule has 1 heterocycles. The predicted octanol–water partition coefficient (Wildman–Crippen LogP) is 0.204. The number of carboxylic acids is 1. The minimum Gasteiger partial charge on any atom is -0.480 e. The molecule has 0 radical (unpaired) electrons. The zero-order valence-corrected chi connectivity index (χ0v) is 11.2. The lowest BCUT2D eigenvalue weighted by molar-refractivity contribution is -0.140. The number of aryl methyl sites for hydroxylation is 1. The Hall–Kier alpha value is -1.44. The SMILES string of the molecule is Cc1ccccc1S(=O)(=O)N1C[C@H](O)C[C@@H]1C(=O)O.